The highest BCUT2D eigenvalue weighted by Crippen LogP contribution is 2.33. The first-order chi connectivity index (χ1) is 10.8. The van der Waals surface area contributed by atoms with E-state index in [1.807, 2.05) is 11.8 Å². The fourth-order valence-electron chi connectivity index (χ4n) is 2.64. The van der Waals surface area contributed by atoms with Crippen molar-refractivity contribution < 1.29 is 0 Å². The summed E-state index contributed by atoms with van der Waals surface area (Å²) in [5, 5.41) is 0. The molecule has 1 aliphatic rings. The van der Waals surface area contributed by atoms with E-state index in [9.17, 15) is 0 Å². The highest BCUT2D eigenvalue weighted by molar-refractivity contribution is 7.99. The SMILES string of the molecule is CN(CC=Cc1ccccc1)CC1=CCSc2ccccc21. The van der Waals surface area contributed by atoms with Crippen LogP contribution in [0.15, 0.2) is 71.6 Å². The minimum Gasteiger partial charge on any atom is -0.298 e. The Bertz CT molecular complexity index is 673. The second-order valence-corrected chi connectivity index (χ2v) is 6.61. The molecule has 1 heterocycles. The Hall–Kier alpha value is -1.77. The van der Waals surface area contributed by atoms with Crippen LogP contribution in [0.5, 0.6) is 0 Å². The lowest BCUT2D eigenvalue weighted by Crippen LogP contribution is -2.21. The molecule has 0 unspecified atom stereocenters. The molecule has 0 radical (unpaired) electrons. The summed E-state index contributed by atoms with van der Waals surface area (Å²) in [4.78, 5) is 3.77. The minimum absolute atomic E-state index is 0.960. The maximum Gasteiger partial charge on any atom is 0.0237 e. The van der Waals surface area contributed by atoms with E-state index < -0.39 is 0 Å². The average molecular weight is 307 g/mol. The van der Waals surface area contributed by atoms with Gasteiger partial charge in [0.05, 0.1) is 0 Å². The van der Waals surface area contributed by atoms with E-state index >= 15 is 0 Å². The second kappa shape index (κ2) is 7.48. The fraction of sp³-hybridized carbons (Fsp3) is 0.200. The number of thioether (sulfide) groups is 1. The van der Waals surface area contributed by atoms with Crippen LogP contribution in [0.3, 0.4) is 0 Å². The highest BCUT2D eigenvalue weighted by Gasteiger charge is 2.13. The van der Waals surface area contributed by atoms with Crippen LogP contribution < -0.4 is 0 Å². The molecule has 0 saturated heterocycles. The van der Waals surface area contributed by atoms with Gasteiger partial charge in [0.1, 0.15) is 0 Å². The molecule has 1 aliphatic heterocycles. The van der Waals surface area contributed by atoms with Gasteiger partial charge in [-0.15, -0.1) is 11.8 Å². The van der Waals surface area contributed by atoms with Gasteiger partial charge in [0.2, 0.25) is 0 Å². The number of benzene rings is 2. The molecule has 0 atom stereocenters. The van der Waals surface area contributed by atoms with Crippen LogP contribution in [0.4, 0.5) is 0 Å². The molecule has 0 bridgehead atoms. The molecule has 0 aliphatic carbocycles. The summed E-state index contributed by atoms with van der Waals surface area (Å²) in [7, 11) is 2.18. The van der Waals surface area contributed by atoms with Crippen molar-refractivity contribution in [1.29, 1.82) is 0 Å². The minimum atomic E-state index is 0.960. The molecule has 1 nitrogen and oxygen atoms in total. The van der Waals surface area contributed by atoms with Gasteiger partial charge in [0.15, 0.2) is 0 Å². The lowest BCUT2D eigenvalue weighted by molar-refractivity contribution is 0.419. The normalized spacial score (nSPS) is 14.2. The molecular weight excluding hydrogens is 286 g/mol. The average Bonchev–Trinajstić information content (AvgIpc) is 2.56. The van der Waals surface area contributed by atoms with Crippen LogP contribution in [0, 0.1) is 0 Å². The van der Waals surface area contributed by atoms with Crippen molar-refractivity contribution in [3.63, 3.8) is 0 Å². The molecule has 0 saturated carbocycles. The quantitative estimate of drug-likeness (QED) is 0.779. The molecule has 0 fully saturated rings. The number of hydrogen-bond donors (Lipinski definition) is 0. The van der Waals surface area contributed by atoms with E-state index in [-0.39, 0.29) is 0 Å². The number of hydrogen-bond acceptors (Lipinski definition) is 2. The lowest BCUT2D eigenvalue weighted by Gasteiger charge is -2.22. The second-order valence-electron chi connectivity index (χ2n) is 5.55. The molecule has 0 N–H and O–H groups in total. The van der Waals surface area contributed by atoms with Crippen LogP contribution >= 0.6 is 11.8 Å². The third-order valence-electron chi connectivity index (χ3n) is 3.77. The Morgan fingerprint density at radius 3 is 2.68 bits per heavy atom. The summed E-state index contributed by atoms with van der Waals surface area (Å²) < 4.78 is 0. The van der Waals surface area contributed by atoms with E-state index in [0.29, 0.717) is 0 Å². The highest BCUT2D eigenvalue weighted by atomic mass is 32.2. The van der Waals surface area contributed by atoms with Gasteiger partial charge in [0.25, 0.3) is 0 Å². The van der Waals surface area contributed by atoms with Crippen LogP contribution in [0.1, 0.15) is 11.1 Å². The van der Waals surface area contributed by atoms with Gasteiger partial charge in [0, 0.05) is 23.7 Å². The van der Waals surface area contributed by atoms with E-state index in [1.165, 1.54) is 21.6 Å². The van der Waals surface area contributed by atoms with Crippen molar-refractivity contribution >= 4 is 23.4 Å². The van der Waals surface area contributed by atoms with Crippen molar-refractivity contribution in [3.05, 3.63) is 77.9 Å². The first-order valence-electron chi connectivity index (χ1n) is 7.64. The Kier molecular flexibility index (Phi) is 5.15. The van der Waals surface area contributed by atoms with Gasteiger partial charge < -0.3 is 0 Å². The monoisotopic (exact) mass is 307 g/mol. The van der Waals surface area contributed by atoms with Gasteiger partial charge in [-0.1, -0.05) is 66.8 Å². The summed E-state index contributed by atoms with van der Waals surface area (Å²) in [5.41, 5.74) is 4.11. The zero-order valence-electron chi connectivity index (χ0n) is 12.9. The molecule has 2 aromatic carbocycles. The van der Waals surface area contributed by atoms with Crippen LogP contribution in [0.2, 0.25) is 0 Å². The summed E-state index contributed by atoms with van der Waals surface area (Å²) >= 11 is 1.93. The van der Waals surface area contributed by atoms with Gasteiger partial charge in [-0.25, -0.2) is 0 Å². The fourth-order valence-corrected chi connectivity index (χ4v) is 3.63. The summed E-state index contributed by atoms with van der Waals surface area (Å²) in [6.07, 6.45) is 6.79. The maximum absolute atomic E-state index is 2.37. The Balaban J connectivity index is 1.59. The van der Waals surface area contributed by atoms with E-state index in [2.05, 4.69) is 84.8 Å². The summed E-state index contributed by atoms with van der Waals surface area (Å²) in [5.74, 6) is 1.08. The van der Waals surface area contributed by atoms with E-state index in [0.717, 1.165) is 18.8 Å². The zero-order valence-corrected chi connectivity index (χ0v) is 13.7. The molecule has 112 valence electrons. The molecule has 0 aromatic heterocycles. The number of nitrogens with zero attached hydrogens (tertiary/aromatic N) is 1. The number of likely N-dealkylation sites (N-methyl/N-ethyl adjacent to an activating group) is 1. The zero-order chi connectivity index (χ0) is 15.2. The van der Waals surface area contributed by atoms with Crippen molar-refractivity contribution in [2.75, 3.05) is 25.9 Å². The Morgan fingerprint density at radius 2 is 1.82 bits per heavy atom. The molecule has 0 amide bonds. The first-order valence-corrected chi connectivity index (χ1v) is 8.63. The largest absolute Gasteiger partial charge is 0.298 e. The van der Waals surface area contributed by atoms with E-state index in [1.54, 1.807) is 0 Å². The van der Waals surface area contributed by atoms with Crippen LogP contribution in [-0.4, -0.2) is 30.8 Å². The van der Waals surface area contributed by atoms with Gasteiger partial charge >= 0.3 is 0 Å². The number of fused-ring (bicyclic) bond motifs is 1. The van der Waals surface area contributed by atoms with Crippen LogP contribution in [-0.2, 0) is 0 Å². The van der Waals surface area contributed by atoms with Crippen molar-refractivity contribution in [2.45, 2.75) is 4.90 Å². The Labute approximate surface area is 137 Å². The van der Waals surface area contributed by atoms with Gasteiger partial charge in [-0.05, 0) is 29.8 Å². The molecule has 22 heavy (non-hydrogen) atoms. The Morgan fingerprint density at radius 1 is 1.05 bits per heavy atom. The molecule has 2 aromatic rings. The molecule has 0 spiro atoms. The van der Waals surface area contributed by atoms with E-state index in [4.69, 9.17) is 0 Å². The third kappa shape index (κ3) is 3.90. The smallest absolute Gasteiger partial charge is 0.0237 e. The summed E-state index contributed by atoms with van der Waals surface area (Å²) in [6, 6.07) is 19.2. The predicted molar refractivity (Wildman–Crippen MR) is 98.1 cm³/mol. The molecular formula is C20H21NS. The molecule has 3 rings (SSSR count). The standard InChI is InChI=1S/C20H21NS/c1-21(14-7-10-17-8-3-2-4-9-17)16-18-13-15-22-20-12-6-5-11-19(18)20/h2-13H,14-16H2,1H3. The summed E-state index contributed by atoms with van der Waals surface area (Å²) in [6.45, 7) is 1.96. The van der Waals surface area contributed by atoms with Crippen molar-refractivity contribution in [3.8, 4) is 0 Å². The lowest BCUT2D eigenvalue weighted by atomic mass is 10.0. The number of rotatable bonds is 5. The van der Waals surface area contributed by atoms with Crippen LogP contribution in [0.25, 0.3) is 11.6 Å². The third-order valence-corrected chi connectivity index (χ3v) is 4.77. The predicted octanol–water partition coefficient (Wildman–Crippen LogP) is 4.82. The van der Waals surface area contributed by atoms with Gasteiger partial charge in [-0.3, -0.25) is 4.90 Å². The topological polar surface area (TPSA) is 3.24 Å². The molecule has 2 heteroatoms. The maximum atomic E-state index is 2.37. The van der Waals surface area contributed by atoms with Crippen molar-refractivity contribution in [2.24, 2.45) is 0 Å². The first kappa shape index (κ1) is 15.1. The van der Waals surface area contributed by atoms with Crippen molar-refractivity contribution in [1.82, 2.24) is 4.90 Å². The van der Waals surface area contributed by atoms with Gasteiger partial charge in [-0.2, -0.15) is 0 Å².